The van der Waals surface area contributed by atoms with E-state index in [0.717, 1.165) is 16.0 Å². The molecule has 1 fully saturated rings. The van der Waals surface area contributed by atoms with Crippen molar-refractivity contribution in [3.8, 4) is 0 Å². The molecule has 6 aromatic rings. The van der Waals surface area contributed by atoms with Crippen molar-refractivity contribution in [2.75, 3.05) is 5.88 Å². The van der Waals surface area contributed by atoms with E-state index in [4.69, 9.17) is 16.3 Å². The average Bonchev–Trinajstić information content (AvgIpc) is 3.76. The van der Waals surface area contributed by atoms with E-state index in [0.29, 0.717) is 5.57 Å². The third-order valence-corrected chi connectivity index (χ3v) is 14.0. The van der Waals surface area contributed by atoms with Crippen molar-refractivity contribution in [3.63, 3.8) is 0 Å². The molecule has 2 aliphatic rings. The fourth-order valence-electron chi connectivity index (χ4n) is 6.55. The molecule has 6 nitrogen and oxygen atoms in total. The van der Waals surface area contributed by atoms with Crippen molar-refractivity contribution in [1.29, 1.82) is 0 Å². The highest BCUT2D eigenvalue weighted by Crippen LogP contribution is 2.41. The van der Waals surface area contributed by atoms with E-state index in [1.165, 1.54) is 43.9 Å². The number of carbonyl (C=O) groups is 3. The number of fused-ring (bicyclic) bond motifs is 1. The third kappa shape index (κ3) is 9.12. The number of rotatable bonds is 11. The van der Waals surface area contributed by atoms with Gasteiger partial charge in [0.2, 0.25) is 11.8 Å². The summed E-state index contributed by atoms with van der Waals surface area (Å²) < 4.78 is 6.05. The quantitative estimate of drug-likeness (QED) is 0.0624. The molecular formula is C45H38ClN2O4PS2. The van der Waals surface area contributed by atoms with Crippen LogP contribution in [0.5, 0.6) is 0 Å². The summed E-state index contributed by atoms with van der Waals surface area (Å²) in [4.78, 5) is 41.7. The zero-order valence-corrected chi connectivity index (χ0v) is 33.0. The molecule has 1 N–H and O–H groups in total. The number of nitrogens with zero attached hydrogens (tertiary/aromatic N) is 1. The minimum Gasteiger partial charge on any atom is -0.451 e. The summed E-state index contributed by atoms with van der Waals surface area (Å²) in [7, 11) is -0.446. The van der Waals surface area contributed by atoms with Gasteiger partial charge < -0.3 is 15.0 Å². The van der Waals surface area contributed by atoms with Gasteiger partial charge in [-0.3, -0.25) is 9.59 Å². The predicted octanol–water partition coefficient (Wildman–Crippen LogP) is 7.96. The van der Waals surface area contributed by atoms with Crippen LogP contribution in [0.4, 0.5) is 0 Å². The molecule has 0 spiro atoms. The van der Waals surface area contributed by atoms with Crippen LogP contribution >= 0.6 is 42.6 Å². The second kappa shape index (κ2) is 18.6. The first kappa shape index (κ1) is 38.3. The molecule has 5 aromatic carbocycles. The monoisotopic (exact) mass is 800 g/mol. The Morgan fingerprint density at radius 1 is 0.709 bits per heavy atom. The SMILES string of the molecule is O=C(Cc1cccs1)N[C@@H]1C(=O)N2C(C(=O)OC(c3ccccc3)c3ccccc3)C(CCl)=CS[C@H]12.c1ccc(P(c2ccccc2)c2ccccc2)cc1. The van der Waals surface area contributed by atoms with Crippen LogP contribution < -0.4 is 21.2 Å². The van der Waals surface area contributed by atoms with Crippen LogP contribution in [-0.4, -0.2) is 46.0 Å². The zero-order valence-electron chi connectivity index (χ0n) is 29.7. The van der Waals surface area contributed by atoms with E-state index in [9.17, 15) is 14.4 Å². The van der Waals surface area contributed by atoms with Gasteiger partial charge in [-0.25, -0.2) is 4.79 Å². The van der Waals surface area contributed by atoms with Crippen LogP contribution in [0.1, 0.15) is 22.1 Å². The van der Waals surface area contributed by atoms with Crippen molar-refractivity contribution >= 4 is 76.3 Å². The van der Waals surface area contributed by atoms with Crippen LogP contribution in [-0.2, 0) is 25.5 Å². The summed E-state index contributed by atoms with van der Waals surface area (Å²) in [5.41, 5.74) is 2.24. The van der Waals surface area contributed by atoms with E-state index in [1.54, 1.807) is 0 Å². The number of thioether (sulfide) groups is 1. The molecule has 0 bridgehead atoms. The van der Waals surface area contributed by atoms with Gasteiger partial charge in [0.15, 0.2) is 12.1 Å². The highest BCUT2D eigenvalue weighted by atomic mass is 35.5. The molecule has 3 heterocycles. The molecule has 0 radical (unpaired) electrons. The Kier molecular flexibility index (Phi) is 12.9. The van der Waals surface area contributed by atoms with E-state index in [2.05, 4.69) is 96.3 Å². The molecule has 10 heteroatoms. The summed E-state index contributed by atoms with van der Waals surface area (Å²) in [5, 5.41) is 10.3. The number of nitrogens with one attached hydrogen (secondary N) is 1. The van der Waals surface area contributed by atoms with Crippen LogP contribution in [0.3, 0.4) is 0 Å². The molecule has 1 unspecified atom stereocenters. The first-order chi connectivity index (χ1) is 27.0. The van der Waals surface area contributed by atoms with Gasteiger partial charge in [0.05, 0.1) is 6.42 Å². The van der Waals surface area contributed by atoms with Crippen molar-refractivity contribution in [1.82, 2.24) is 10.2 Å². The predicted molar refractivity (Wildman–Crippen MR) is 227 cm³/mol. The summed E-state index contributed by atoms with van der Waals surface area (Å²) in [6.45, 7) is 0. The fraction of sp³-hybridized carbons (Fsp3) is 0.133. The number of carbonyl (C=O) groups excluding carboxylic acids is 3. The molecule has 2 amide bonds. The Morgan fingerprint density at radius 2 is 1.20 bits per heavy atom. The van der Waals surface area contributed by atoms with Crippen molar-refractivity contribution in [2.45, 2.75) is 30.0 Å². The minimum atomic E-state index is -0.943. The molecule has 276 valence electrons. The van der Waals surface area contributed by atoms with E-state index in [-0.39, 0.29) is 24.1 Å². The van der Waals surface area contributed by atoms with Gasteiger partial charge in [-0.2, -0.15) is 0 Å². The van der Waals surface area contributed by atoms with Gasteiger partial charge >= 0.3 is 5.97 Å². The topological polar surface area (TPSA) is 75.7 Å². The number of halogens is 1. The fourth-order valence-corrected chi connectivity index (χ4v) is 11.1. The van der Waals surface area contributed by atoms with Gasteiger partial charge in [-0.15, -0.1) is 34.7 Å². The highest BCUT2D eigenvalue weighted by molar-refractivity contribution is 8.03. The maximum Gasteiger partial charge on any atom is 0.334 e. The number of benzene rings is 5. The summed E-state index contributed by atoms with van der Waals surface area (Å²) in [6.07, 6.45) is -0.426. The Bertz CT molecular complexity index is 2060. The third-order valence-electron chi connectivity index (χ3n) is 9.16. The number of amides is 2. The smallest absolute Gasteiger partial charge is 0.334 e. The largest absolute Gasteiger partial charge is 0.451 e. The number of alkyl halides is 1. The lowest BCUT2D eigenvalue weighted by Gasteiger charge is -2.51. The Balaban J connectivity index is 0.000000205. The molecule has 0 aliphatic carbocycles. The lowest BCUT2D eigenvalue weighted by Crippen LogP contribution is -2.74. The molecule has 0 saturated carbocycles. The highest BCUT2D eigenvalue weighted by Gasteiger charge is 2.56. The van der Waals surface area contributed by atoms with Gasteiger partial charge in [-0.05, 0) is 57.4 Å². The number of esters is 1. The molecule has 1 saturated heterocycles. The Hall–Kier alpha value is -4.98. The van der Waals surface area contributed by atoms with E-state index in [1.807, 2.05) is 83.6 Å². The van der Waals surface area contributed by atoms with Crippen molar-refractivity contribution in [2.24, 2.45) is 0 Å². The standard InChI is InChI=1S/C27H23ClN2O4S2.C18H15P/c28-15-19-16-36-26-22(29-21(31)14-20-12-7-13-35-20)25(32)30(26)23(19)27(33)34-24(17-8-3-1-4-9-17)18-10-5-2-6-11-18;1-4-10-16(11-5-1)19(17-12-6-2-7-13-17)18-14-8-3-9-15-18/h1-13,16,22-24,26H,14-15H2,(H,29,31);1-15H/t22-,23?,26-;/m1./s1. The normalized spacial score (nSPS) is 17.3. The van der Waals surface area contributed by atoms with E-state index < -0.39 is 37.5 Å². The molecular weight excluding hydrogens is 763 g/mol. The van der Waals surface area contributed by atoms with Crippen molar-refractivity contribution < 1.29 is 19.1 Å². The first-order valence-corrected chi connectivity index (χ1v) is 21.5. The van der Waals surface area contributed by atoms with Crippen LogP contribution in [0, 0.1) is 0 Å². The summed E-state index contributed by atoms with van der Waals surface area (Å²) >= 11 is 9.05. The van der Waals surface area contributed by atoms with Crippen molar-refractivity contribution in [3.05, 3.63) is 196 Å². The van der Waals surface area contributed by atoms with Gasteiger partial charge in [0.1, 0.15) is 11.4 Å². The maximum absolute atomic E-state index is 13.6. The van der Waals surface area contributed by atoms with E-state index >= 15 is 0 Å². The second-order valence-corrected chi connectivity index (χ2v) is 17.3. The minimum absolute atomic E-state index is 0.0833. The zero-order chi connectivity index (χ0) is 38.0. The van der Waals surface area contributed by atoms with Crippen LogP contribution in [0.15, 0.2) is 180 Å². The summed E-state index contributed by atoms with van der Waals surface area (Å²) in [6, 6.07) is 53.4. The number of hydrogen-bond acceptors (Lipinski definition) is 6. The van der Waals surface area contributed by atoms with Gasteiger partial charge in [-0.1, -0.05) is 158 Å². The van der Waals surface area contributed by atoms with Crippen LogP contribution in [0.25, 0.3) is 0 Å². The number of thiophene rings is 1. The van der Waals surface area contributed by atoms with Crippen LogP contribution in [0.2, 0.25) is 0 Å². The second-order valence-electron chi connectivity index (χ2n) is 12.8. The molecule has 2 aliphatic heterocycles. The number of ether oxygens (including phenoxy) is 1. The van der Waals surface area contributed by atoms with Gasteiger partial charge in [0.25, 0.3) is 0 Å². The lowest BCUT2D eigenvalue weighted by molar-refractivity contribution is -0.165. The Labute approximate surface area is 336 Å². The molecule has 55 heavy (non-hydrogen) atoms. The number of β-lactam (4-membered cyclic amide) rings is 1. The average molecular weight is 801 g/mol. The number of hydrogen-bond donors (Lipinski definition) is 1. The van der Waals surface area contributed by atoms with Gasteiger partial charge in [0, 0.05) is 10.8 Å². The Morgan fingerprint density at radius 3 is 1.65 bits per heavy atom. The maximum atomic E-state index is 13.6. The first-order valence-electron chi connectivity index (χ1n) is 17.8. The molecule has 3 atom stereocenters. The molecule has 1 aromatic heterocycles. The molecule has 8 rings (SSSR count). The summed E-state index contributed by atoms with van der Waals surface area (Å²) in [5.74, 6) is -1.02. The lowest BCUT2D eigenvalue weighted by atomic mass is 9.97.